The van der Waals surface area contributed by atoms with Crippen LogP contribution in [0.2, 0.25) is 0 Å². The number of alkyl halides is 3. The summed E-state index contributed by atoms with van der Waals surface area (Å²) in [6.45, 7) is 0.565. The van der Waals surface area contributed by atoms with Crippen molar-refractivity contribution in [3.8, 4) is 0 Å². The summed E-state index contributed by atoms with van der Waals surface area (Å²) < 4.78 is 38.5. The molecule has 21 heavy (non-hydrogen) atoms. The van der Waals surface area contributed by atoms with E-state index in [-0.39, 0.29) is 10.6 Å². The lowest BCUT2D eigenvalue weighted by atomic mass is 10.1. The van der Waals surface area contributed by atoms with Gasteiger partial charge in [0, 0.05) is 35.8 Å². The number of thiocarbonyl (C=S) groups is 1. The predicted molar refractivity (Wildman–Crippen MR) is 81.6 cm³/mol. The highest BCUT2D eigenvalue weighted by Crippen LogP contribution is 2.33. The number of nitrogens with two attached hydrogens (primary N) is 1. The fourth-order valence-electron chi connectivity index (χ4n) is 1.80. The summed E-state index contributed by atoms with van der Waals surface area (Å²) >= 11 is 6.23. The summed E-state index contributed by atoms with van der Waals surface area (Å²) in [5.41, 5.74) is 4.94. The maximum absolute atomic E-state index is 12.8. The van der Waals surface area contributed by atoms with Gasteiger partial charge in [0.2, 0.25) is 0 Å². The molecular weight excluding hydrogens is 319 g/mol. The van der Waals surface area contributed by atoms with Crippen LogP contribution in [0.3, 0.4) is 0 Å². The lowest BCUT2D eigenvalue weighted by molar-refractivity contribution is -0.137. The third-order valence-electron chi connectivity index (χ3n) is 2.74. The molecule has 112 valence electrons. The number of nitrogens with zero attached hydrogens (tertiary/aromatic N) is 1. The maximum Gasteiger partial charge on any atom is 0.417 e. The van der Waals surface area contributed by atoms with E-state index in [9.17, 15) is 13.2 Å². The van der Waals surface area contributed by atoms with E-state index in [1.165, 1.54) is 23.5 Å². The molecule has 0 aliphatic heterocycles. The standard InChI is InChI=1S/C13H12F3N3S2/c14-13(15,16)10-2-1-8(7-9(10)12(17)20)18-4-3-11-19-5-6-21-11/h1-2,5-7,18H,3-4H2,(H2,17,20). The Bertz CT molecular complexity index is 624. The van der Waals surface area contributed by atoms with E-state index < -0.39 is 11.7 Å². The fourth-order valence-corrected chi connectivity index (χ4v) is 2.58. The summed E-state index contributed by atoms with van der Waals surface area (Å²) in [6.07, 6.45) is -2.07. The van der Waals surface area contributed by atoms with E-state index in [1.807, 2.05) is 5.38 Å². The number of nitrogens with one attached hydrogen (secondary N) is 1. The van der Waals surface area contributed by atoms with Crippen LogP contribution in [0, 0.1) is 0 Å². The second-order valence-corrected chi connectivity index (χ2v) is 5.64. The monoisotopic (exact) mass is 331 g/mol. The molecule has 0 unspecified atom stereocenters. The van der Waals surface area contributed by atoms with E-state index in [4.69, 9.17) is 18.0 Å². The lowest BCUT2D eigenvalue weighted by Gasteiger charge is -2.14. The molecule has 0 aliphatic rings. The van der Waals surface area contributed by atoms with Crippen LogP contribution < -0.4 is 11.1 Å². The molecule has 1 heterocycles. The molecule has 8 heteroatoms. The van der Waals surface area contributed by atoms with Crippen molar-refractivity contribution in [3.05, 3.63) is 45.9 Å². The molecule has 3 nitrogen and oxygen atoms in total. The highest BCUT2D eigenvalue weighted by atomic mass is 32.1. The predicted octanol–water partition coefficient (Wildman–Crippen LogP) is 3.45. The minimum atomic E-state index is -4.47. The Balaban J connectivity index is 2.11. The SMILES string of the molecule is NC(=S)c1cc(NCCc2nccs2)ccc1C(F)(F)F. The zero-order valence-electron chi connectivity index (χ0n) is 10.8. The van der Waals surface area contributed by atoms with E-state index in [0.717, 1.165) is 11.1 Å². The van der Waals surface area contributed by atoms with Crippen LogP contribution in [-0.2, 0) is 12.6 Å². The van der Waals surface area contributed by atoms with Crippen LogP contribution in [0.5, 0.6) is 0 Å². The third kappa shape index (κ3) is 4.15. The molecule has 0 radical (unpaired) electrons. The Labute approximate surface area is 129 Å². The third-order valence-corrected chi connectivity index (χ3v) is 3.80. The van der Waals surface area contributed by atoms with Crippen molar-refractivity contribution < 1.29 is 13.2 Å². The van der Waals surface area contributed by atoms with Gasteiger partial charge in [0.05, 0.1) is 10.6 Å². The van der Waals surface area contributed by atoms with Gasteiger partial charge in [-0.25, -0.2) is 4.98 Å². The molecular formula is C13H12F3N3S2. The van der Waals surface area contributed by atoms with Crippen LogP contribution in [0.25, 0.3) is 0 Å². The Morgan fingerprint density at radius 2 is 2.14 bits per heavy atom. The molecule has 1 aromatic carbocycles. The normalized spacial score (nSPS) is 11.4. The molecule has 0 amide bonds. The number of hydrogen-bond acceptors (Lipinski definition) is 4. The molecule has 0 saturated heterocycles. The first kappa shape index (κ1) is 15.7. The van der Waals surface area contributed by atoms with Gasteiger partial charge in [-0.2, -0.15) is 13.2 Å². The zero-order chi connectivity index (χ0) is 15.5. The highest BCUT2D eigenvalue weighted by molar-refractivity contribution is 7.80. The van der Waals surface area contributed by atoms with Gasteiger partial charge >= 0.3 is 6.18 Å². The molecule has 0 fully saturated rings. The Hall–Kier alpha value is -1.67. The van der Waals surface area contributed by atoms with Crippen LogP contribution in [0.15, 0.2) is 29.8 Å². The second kappa shape index (κ2) is 6.40. The van der Waals surface area contributed by atoms with Crippen LogP contribution in [0.1, 0.15) is 16.1 Å². The summed E-state index contributed by atoms with van der Waals surface area (Å²) in [4.78, 5) is 3.86. The van der Waals surface area contributed by atoms with Gasteiger partial charge in [0.15, 0.2) is 0 Å². The molecule has 0 atom stereocenters. The van der Waals surface area contributed by atoms with Gasteiger partial charge in [-0.3, -0.25) is 0 Å². The summed E-state index contributed by atoms with van der Waals surface area (Å²) in [5, 5.41) is 5.88. The van der Waals surface area contributed by atoms with Crippen molar-refractivity contribution in [2.24, 2.45) is 5.73 Å². The summed E-state index contributed by atoms with van der Waals surface area (Å²) in [5.74, 6) is 0. The van der Waals surface area contributed by atoms with Crippen LogP contribution >= 0.6 is 23.6 Å². The van der Waals surface area contributed by atoms with Crippen molar-refractivity contribution in [1.29, 1.82) is 0 Å². The van der Waals surface area contributed by atoms with Crippen LogP contribution in [0.4, 0.5) is 18.9 Å². The Morgan fingerprint density at radius 1 is 1.38 bits per heavy atom. The highest BCUT2D eigenvalue weighted by Gasteiger charge is 2.33. The Kier molecular flexibility index (Phi) is 4.79. The summed E-state index contributed by atoms with van der Waals surface area (Å²) in [7, 11) is 0. The first-order valence-corrected chi connectivity index (χ1v) is 7.30. The molecule has 1 aromatic heterocycles. The molecule has 0 spiro atoms. The smallest absolute Gasteiger partial charge is 0.389 e. The number of anilines is 1. The van der Waals surface area contributed by atoms with E-state index in [0.29, 0.717) is 18.7 Å². The molecule has 0 saturated carbocycles. The van der Waals surface area contributed by atoms with E-state index >= 15 is 0 Å². The van der Waals surface area contributed by atoms with Crippen molar-refractivity contribution >= 4 is 34.2 Å². The summed E-state index contributed by atoms with van der Waals surface area (Å²) in [6, 6.07) is 3.68. The molecule has 2 rings (SSSR count). The zero-order valence-corrected chi connectivity index (χ0v) is 12.4. The Morgan fingerprint density at radius 3 is 2.71 bits per heavy atom. The molecule has 2 aromatic rings. The number of thiazole rings is 1. The maximum atomic E-state index is 12.8. The molecule has 3 N–H and O–H groups in total. The van der Waals surface area contributed by atoms with Crippen molar-refractivity contribution in [2.75, 3.05) is 11.9 Å². The number of rotatable bonds is 5. The van der Waals surface area contributed by atoms with Crippen LogP contribution in [-0.4, -0.2) is 16.5 Å². The quantitative estimate of drug-likeness (QED) is 0.824. The minimum absolute atomic E-state index is 0.170. The number of hydrogen-bond donors (Lipinski definition) is 2. The topological polar surface area (TPSA) is 50.9 Å². The van der Waals surface area contributed by atoms with Crippen molar-refractivity contribution in [2.45, 2.75) is 12.6 Å². The van der Waals surface area contributed by atoms with Gasteiger partial charge < -0.3 is 11.1 Å². The number of aromatic nitrogens is 1. The molecule has 0 aliphatic carbocycles. The largest absolute Gasteiger partial charge is 0.417 e. The average Bonchev–Trinajstić information content (AvgIpc) is 2.90. The van der Waals surface area contributed by atoms with Gasteiger partial charge in [-0.05, 0) is 18.2 Å². The lowest BCUT2D eigenvalue weighted by Crippen LogP contribution is -2.18. The number of halogens is 3. The number of benzene rings is 1. The molecule has 0 bridgehead atoms. The first-order chi connectivity index (χ1) is 9.88. The minimum Gasteiger partial charge on any atom is -0.389 e. The average molecular weight is 331 g/mol. The van der Waals surface area contributed by atoms with E-state index in [2.05, 4.69) is 10.3 Å². The van der Waals surface area contributed by atoms with Crippen molar-refractivity contribution in [3.63, 3.8) is 0 Å². The van der Waals surface area contributed by atoms with Gasteiger partial charge in [0.25, 0.3) is 0 Å². The second-order valence-electron chi connectivity index (χ2n) is 4.22. The van der Waals surface area contributed by atoms with Gasteiger partial charge in [-0.1, -0.05) is 12.2 Å². The van der Waals surface area contributed by atoms with Crippen molar-refractivity contribution in [1.82, 2.24) is 4.98 Å². The fraction of sp³-hybridized carbons (Fsp3) is 0.231. The first-order valence-electron chi connectivity index (χ1n) is 6.01. The van der Waals surface area contributed by atoms with Gasteiger partial charge in [0.1, 0.15) is 4.99 Å². The van der Waals surface area contributed by atoms with E-state index in [1.54, 1.807) is 6.20 Å². The van der Waals surface area contributed by atoms with Gasteiger partial charge in [-0.15, -0.1) is 11.3 Å².